The van der Waals surface area contributed by atoms with E-state index in [2.05, 4.69) is 41.5 Å². The van der Waals surface area contributed by atoms with E-state index in [-0.39, 0.29) is 16.3 Å². The molecule has 0 aromatic rings. The molecule has 2 saturated heterocycles. The molecule has 6 nitrogen and oxygen atoms in total. The number of nitrogens with zero attached hydrogens (tertiary/aromatic N) is 2. The minimum Gasteiger partial charge on any atom is -0.444 e. The molecule has 3 atom stereocenters. The Morgan fingerprint density at radius 3 is 1.62 bits per heavy atom. The van der Waals surface area contributed by atoms with Crippen molar-refractivity contribution in [1.82, 2.24) is 9.96 Å². The van der Waals surface area contributed by atoms with Crippen molar-refractivity contribution >= 4 is 17.2 Å². The normalized spacial score (nSPS) is 24.2. The molecule has 0 aromatic carbocycles. The van der Waals surface area contributed by atoms with Gasteiger partial charge in [0.05, 0.1) is 4.75 Å². The summed E-state index contributed by atoms with van der Waals surface area (Å²) in [7, 11) is 0. The van der Waals surface area contributed by atoms with Crippen molar-refractivity contribution in [3.8, 4) is 0 Å². The third kappa shape index (κ3) is 10.1. The average molecular weight is 475 g/mol. The van der Waals surface area contributed by atoms with Crippen LogP contribution in [-0.2, 0) is 20.1 Å². The second-order valence-electron chi connectivity index (χ2n) is 13.4. The summed E-state index contributed by atoms with van der Waals surface area (Å²) in [4.78, 5) is 13.7. The van der Waals surface area contributed by atoms with E-state index >= 15 is 0 Å². The van der Waals surface area contributed by atoms with Crippen molar-refractivity contribution in [2.75, 3.05) is 26.2 Å². The molecule has 0 aromatic heterocycles. The van der Waals surface area contributed by atoms with Crippen LogP contribution in [0.1, 0.15) is 95.9 Å². The highest BCUT2D eigenvalue weighted by atomic mass is 32.2. The van der Waals surface area contributed by atoms with Crippen LogP contribution in [0.3, 0.4) is 0 Å². The predicted molar refractivity (Wildman–Crippen MR) is 133 cm³/mol. The standard InChI is InChI=1S/C13H25NO2.C12H25NO2S/c1-12(2,3)10-7-8-14(9-10)11(15)16-13(4,5)6;1-11(2,3)10-7-8-13(9-10)15-16(14)12(4,5)6/h2*10H,7-9H2,1-6H3. The summed E-state index contributed by atoms with van der Waals surface area (Å²) in [5.41, 5.74) is 0.189. The first-order valence-corrected chi connectivity index (χ1v) is 13.1. The first-order chi connectivity index (χ1) is 14.2. The van der Waals surface area contributed by atoms with E-state index in [1.54, 1.807) is 0 Å². The van der Waals surface area contributed by atoms with Crippen molar-refractivity contribution in [3.05, 3.63) is 0 Å². The lowest BCUT2D eigenvalue weighted by Crippen LogP contribution is -2.36. The van der Waals surface area contributed by atoms with Crippen LogP contribution in [0.15, 0.2) is 0 Å². The van der Waals surface area contributed by atoms with Crippen molar-refractivity contribution in [2.24, 2.45) is 22.7 Å². The molecule has 2 rings (SSSR count). The number of rotatable bonds is 2. The van der Waals surface area contributed by atoms with Crippen LogP contribution >= 0.6 is 0 Å². The topological polar surface area (TPSA) is 59.1 Å². The number of carbonyl (C=O) groups excluding carboxylic acids is 1. The first-order valence-electron chi connectivity index (χ1n) is 12.0. The summed E-state index contributed by atoms with van der Waals surface area (Å²) in [5.74, 6) is 1.21. The smallest absolute Gasteiger partial charge is 0.410 e. The Kier molecular flexibility index (Phi) is 9.85. The number of hydrogen-bond donors (Lipinski definition) is 0. The molecule has 2 fully saturated rings. The zero-order valence-corrected chi connectivity index (χ0v) is 23.6. The number of hydrogen-bond acceptors (Lipinski definition) is 5. The zero-order valence-electron chi connectivity index (χ0n) is 22.8. The fraction of sp³-hybridized carbons (Fsp3) is 0.960. The van der Waals surface area contributed by atoms with E-state index in [0.717, 1.165) is 39.0 Å². The van der Waals surface area contributed by atoms with E-state index < -0.39 is 16.7 Å². The molecule has 2 aliphatic rings. The third-order valence-corrected chi connectivity index (χ3v) is 7.46. The van der Waals surface area contributed by atoms with Gasteiger partial charge < -0.3 is 9.64 Å². The lowest BCUT2D eigenvalue weighted by Gasteiger charge is -2.28. The van der Waals surface area contributed by atoms with Gasteiger partial charge in [0.1, 0.15) is 5.60 Å². The lowest BCUT2D eigenvalue weighted by atomic mass is 9.80. The molecule has 0 bridgehead atoms. The number of hydroxylamine groups is 2. The Morgan fingerprint density at radius 2 is 1.25 bits per heavy atom. The van der Waals surface area contributed by atoms with Crippen LogP contribution in [0, 0.1) is 22.7 Å². The quantitative estimate of drug-likeness (QED) is 0.488. The number of ether oxygens (including phenoxy) is 1. The second kappa shape index (κ2) is 10.7. The molecule has 0 aliphatic carbocycles. The summed E-state index contributed by atoms with van der Waals surface area (Å²) in [6.07, 6.45) is 2.05. The van der Waals surface area contributed by atoms with Gasteiger partial charge >= 0.3 is 6.09 Å². The molecule has 0 radical (unpaired) electrons. The summed E-state index contributed by atoms with van der Waals surface area (Å²) < 4.78 is 22.4. The minimum atomic E-state index is -1.24. The van der Waals surface area contributed by atoms with Crippen LogP contribution in [-0.4, -0.2) is 56.8 Å². The SMILES string of the molecule is CC(C)(C)C1CCN(OS(=O)C(C)(C)C)C1.CC(C)(C)OC(=O)N1CCC(C(C)(C)C)C1. The monoisotopic (exact) mass is 474 g/mol. The summed E-state index contributed by atoms with van der Waals surface area (Å²) in [5, 5.41) is 1.87. The van der Waals surface area contributed by atoms with Gasteiger partial charge in [-0.3, -0.25) is 0 Å². The molecule has 1 amide bonds. The molecule has 2 heterocycles. The highest BCUT2D eigenvalue weighted by Gasteiger charge is 2.36. The summed E-state index contributed by atoms with van der Waals surface area (Å²) >= 11 is -1.24. The second-order valence-corrected chi connectivity index (χ2v) is 15.3. The van der Waals surface area contributed by atoms with E-state index in [1.807, 2.05) is 51.5 Å². The van der Waals surface area contributed by atoms with Crippen LogP contribution in [0.4, 0.5) is 4.79 Å². The van der Waals surface area contributed by atoms with Crippen LogP contribution < -0.4 is 0 Å². The van der Waals surface area contributed by atoms with E-state index in [4.69, 9.17) is 9.02 Å². The van der Waals surface area contributed by atoms with Crippen molar-refractivity contribution in [2.45, 2.75) is 106 Å². The van der Waals surface area contributed by atoms with Crippen LogP contribution in [0.5, 0.6) is 0 Å². The molecular formula is C25H50N2O4S. The Labute approximate surface area is 200 Å². The molecule has 7 heteroatoms. The number of amides is 1. The van der Waals surface area contributed by atoms with Gasteiger partial charge in [-0.1, -0.05) is 41.5 Å². The molecule has 2 aliphatic heterocycles. The average Bonchev–Trinajstić information content (AvgIpc) is 3.21. The largest absolute Gasteiger partial charge is 0.444 e. The minimum absolute atomic E-state index is 0.167. The first kappa shape index (κ1) is 29.4. The molecule has 0 N–H and O–H groups in total. The summed E-state index contributed by atoms with van der Waals surface area (Å²) in [6.45, 7) is 28.4. The molecule has 0 spiro atoms. The molecule has 3 unspecified atom stereocenters. The van der Waals surface area contributed by atoms with E-state index in [9.17, 15) is 9.00 Å². The molecule has 32 heavy (non-hydrogen) atoms. The van der Waals surface area contributed by atoms with Gasteiger partial charge in [0.25, 0.3) is 0 Å². The van der Waals surface area contributed by atoms with Gasteiger partial charge in [-0.05, 0) is 77.0 Å². The third-order valence-electron chi connectivity index (χ3n) is 6.11. The lowest BCUT2D eigenvalue weighted by molar-refractivity contribution is -0.0303. The van der Waals surface area contributed by atoms with E-state index in [0.29, 0.717) is 17.3 Å². The highest BCUT2D eigenvalue weighted by Crippen LogP contribution is 2.35. The van der Waals surface area contributed by atoms with Gasteiger partial charge in [0.15, 0.2) is 11.1 Å². The highest BCUT2D eigenvalue weighted by molar-refractivity contribution is 7.81. The van der Waals surface area contributed by atoms with Crippen LogP contribution in [0.25, 0.3) is 0 Å². The predicted octanol–water partition coefficient (Wildman–Crippen LogP) is 6.04. The Morgan fingerprint density at radius 1 is 0.781 bits per heavy atom. The fourth-order valence-corrected chi connectivity index (χ4v) is 4.22. The molecular weight excluding hydrogens is 424 g/mol. The van der Waals surface area contributed by atoms with E-state index in [1.165, 1.54) is 0 Å². The maximum atomic E-state index is 11.8. The van der Waals surface area contributed by atoms with Crippen molar-refractivity contribution in [3.63, 3.8) is 0 Å². The maximum absolute atomic E-state index is 11.8. The fourth-order valence-electron chi connectivity index (χ4n) is 3.67. The zero-order chi connectivity index (χ0) is 25.1. The van der Waals surface area contributed by atoms with Crippen molar-refractivity contribution in [1.29, 1.82) is 0 Å². The van der Waals surface area contributed by atoms with Gasteiger partial charge in [-0.25, -0.2) is 9.00 Å². The Balaban J connectivity index is 0.000000320. The van der Waals surface area contributed by atoms with Gasteiger partial charge in [0.2, 0.25) is 0 Å². The molecule has 190 valence electrons. The maximum Gasteiger partial charge on any atom is 0.410 e. The van der Waals surface area contributed by atoms with Crippen molar-refractivity contribution < 1.29 is 18.0 Å². The Hall–Kier alpha value is -0.660. The number of carbonyl (C=O) groups is 1. The summed E-state index contributed by atoms with van der Waals surface area (Å²) in [6, 6.07) is 0. The molecule has 0 saturated carbocycles. The van der Waals surface area contributed by atoms with Gasteiger partial charge in [-0.2, -0.15) is 9.35 Å². The number of likely N-dealkylation sites (tertiary alicyclic amines) is 1. The Bertz CT molecular complexity index is 638. The van der Waals surface area contributed by atoms with Gasteiger partial charge in [0, 0.05) is 26.2 Å². The van der Waals surface area contributed by atoms with Crippen LogP contribution in [0.2, 0.25) is 0 Å². The van der Waals surface area contributed by atoms with Gasteiger partial charge in [-0.15, -0.1) is 0 Å².